The van der Waals surface area contributed by atoms with E-state index in [0.717, 1.165) is 25.9 Å². The van der Waals surface area contributed by atoms with Crippen molar-refractivity contribution in [2.75, 3.05) is 38.7 Å². The van der Waals surface area contributed by atoms with Gasteiger partial charge in [0.05, 0.1) is 16.6 Å². The summed E-state index contributed by atoms with van der Waals surface area (Å²) in [5, 5.41) is 15.7. The van der Waals surface area contributed by atoms with Gasteiger partial charge in [-0.1, -0.05) is 11.6 Å². The molecule has 11 heteroatoms. The predicted octanol–water partition coefficient (Wildman–Crippen LogP) is 2.28. The number of hydrogen-bond acceptors (Lipinski definition) is 7. The Balaban J connectivity index is 1.76. The van der Waals surface area contributed by atoms with Crippen molar-refractivity contribution >= 4 is 23.4 Å². The van der Waals surface area contributed by atoms with Crippen molar-refractivity contribution in [1.29, 1.82) is 0 Å². The Bertz CT molecular complexity index is 963. The zero-order chi connectivity index (χ0) is 19.8. The summed E-state index contributed by atoms with van der Waals surface area (Å²) in [7, 11) is 2.03. The number of nitrogens with zero attached hydrogens (tertiary/aromatic N) is 3. The molecule has 1 aromatic carbocycles. The summed E-state index contributed by atoms with van der Waals surface area (Å²) in [5.74, 6) is -0.128. The van der Waals surface area contributed by atoms with Gasteiger partial charge in [0.25, 0.3) is 5.89 Å². The number of anilines is 1. The van der Waals surface area contributed by atoms with Gasteiger partial charge in [-0.2, -0.15) is 4.68 Å². The zero-order valence-corrected chi connectivity index (χ0v) is 15.9. The molecule has 1 amide bonds. The van der Waals surface area contributed by atoms with Gasteiger partial charge in [0.2, 0.25) is 0 Å². The first-order valence-electron chi connectivity index (χ1n) is 8.84. The maximum absolute atomic E-state index is 12.4. The average molecular weight is 411 g/mol. The molecule has 2 aromatic rings. The highest BCUT2D eigenvalue weighted by atomic mass is 35.5. The first-order chi connectivity index (χ1) is 13.4. The zero-order valence-electron chi connectivity index (χ0n) is 15.1. The van der Waals surface area contributed by atoms with Gasteiger partial charge in [-0.25, -0.2) is 9.59 Å². The first-order valence-corrected chi connectivity index (χ1v) is 9.22. The van der Waals surface area contributed by atoms with Crippen LogP contribution >= 0.6 is 11.6 Å². The lowest BCUT2D eigenvalue weighted by Crippen LogP contribution is -2.34. The van der Waals surface area contributed by atoms with E-state index < -0.39 is 11.8 Å². The van der Waals surface area contributed by atoms with Crippen LogP contribution in [0.15, 0.2) is 15.3 Å². The SMILES string of the molecule is CN1CCC(n2nc(-c3cc(Cl)c(NC(=O)O)c4c3OCCO4)oc2=O)CC1. The molecule has 3 heterocycles. The molecule has 0 bridgehead atoms. The van der Waals surface area contributed by atoms with Crippen molar-refractivity contribution < 1.29 is 23.8 Å². The van der Waals surface area contributed by atoms with Crippen molar-refractivity contribution in [2.24, 2.45) is 0 Å². The van der Waals surface area contributed by atoms with Crippen molar-refractivity contribution in [1.82, 2.24) is 14.7 Å². The minimum atomic E-state index is -1.29. The minimum absolute atomic E-state index is 0.0439. The number of benzene rings is 1. The van der Waals surface area contributed by atoms with Crippen LogP contribution in [0.25, 0.3) is 11.5 Å². The lowest BCUT2D eigenvalue weighted by molar-refractivity contribution is 0.172. The van der Waals surface area contributed by atoms with Crippen LogP contribution in [-0.2, 0) is 0 Å². The van der Waals surface area contributed by atoms with Gasteiger partial charge in [-0.3, -0.25) is 5.32 Å². The molecule has 2 aliphatic rings. The molecular weight excluding hydrogens is 392 g/mol. The molecule has 0 unspecified atom stereocenters. The summed E-state index contributed by atoms with van der Waals surface area (Å²) in [6, 6.07) is 1.41. The van der Waals surface area contributed by atoms with Crippen LogP contribution in [0.5, 0.6) is 11.5 Å². The van der Waals surface area contributed by atoms with Crippen molar-refractivity contribution in [3.8, 4) is 23.0 Å². The highest BCUT2D eigenvalue weighted by Gasteiger charge is 2.29. The van der Waals surface area contributed by atoms with E-state index in [2.05, 4.69) is 15.3 Å². The lowest BCUT2D eigenvalue weighted by Gasteiger charge is -2.27. The predicted molar refractivity (Wildman–Crippen MR) is 99.6 cm³/mol. The van der Waals surface area contributed by atoms with Gasteiger partial charge in [-0.05, 0) is 39.0 Å². The molecule has 1 fully saturated rings. The summed E-state index contributed by atoms with van der Waals surface area (Å²) >= 11 is 6.25. The maximum Gasteiger partial charge on any atom is 0.437 e. The molecule has 1 aromatic heterocycles. The third-order valence-electron chi connectivity index (χ3n) is 4.83. The van der Waals surface area contributed by atoms with E-state index in [1.807, 2.05) is 7.05 Å². The number of rotatable bonds is 3. The Kier molecular flexibility index (Phi) is 4.90. The van der Waals surface area contributed by atoms with Gasteiger partial charge in [-0.15, -0.1) is 5.10 Å². The molecule has 2 N–H and O–H groups in total. The molecule has 28 heavy (non-hydrogen) atoms. The molecule has 10 nitrogen and oxygen atoms in total. The normalized spacial score (nSPS) is 17.5. The third-order valence-corrected chi connectivity index (χ3v) is 5.13. The smallest absolute Gasteiger partial charge is 0.437 e. The van der Waals surface area contributed by atoms with Crippen molar-refractivity contribution in [3.63, 3.8) is 0 Å². The summed E-state index contributed by atoms with van der Waals surface area (Å²) in [4.78, 5) is 25.6. The number of carbonyl (C=O) groups is 1. The van der Waals surface area contributed by atoms with Crippen LogP contribution < -0.4 is 20.5 Å². The van der Waals surface area contributed by atoms with E-state index in [0.29, 0.717) is 5.56 Å². The fourth-order valence-corrected chi connectivity index (χ4v) is 3.67. The summed E-state index contributed by atoms with van der Waals surface area (Å²) in [6.45, 7) is 2.23. The molecule has 0 saturated carbocycles. The standard InChI is InChI=1S/C17H19ClN4O6/c1-21-4-2-9(3-5-21)22-17(25)28-15(20-22)10-8-11(18)12(19-16(23)24)14-13(10)26-6-7-27-14/h8-9,19H,2-7H2,1H3,(H,23,24). The number of aromatic nitrogens is 2. The van der Waals surface area contributed by atoms with Gasteiger partial charge in [0, 0.05) is 0 Å². The van der Waals surface area contributed by atoms with Crippen LogP contribution in [0.3, 0.4) is 0 Å². The fraction of sp³-hybridized carbons (Fsp3) is 0.471. The monoisotopic (exact) mass is 410 g/mol. The van der Waals surface area contributed by atoms with Crippen LogP contribution in [0.1, 0.15) is 18.9 Å². The van der Waals surface area contributed by atoms with Crippen LogP contribution in [0.2, 0.25) is 5.02 Å². The number of fused-ring (bicyclic) bond motifs is 1. The lowest BCUT2D eigenvalue weighted by atomic mass is 10.1. The van der Waals surface area contributed by atoms with Crippen molar-refractivity contribution in [2.45, 2.75) is 18.9 Å². The summed E-state index contributed by atoms with van der Waals surface area (Å²) in [5.41, 5.74) is 0.407. The highest BCUT2D eigenvalue weighted by molar-refractivity contribution is 6.34. The number of nitrogens with one attached hydrogen (secondary N) is 1. The van der Waals surface area contributed by atoms with Gasteiger partial charge < -0.3 is 23.9 Å². The molecule has 4 rings (SSSR count). The highest BCUT2D eigenvalue weighted by Crippen LogP contribution is 2.48. The van der Waals surface area contributed by atoms with E-state index in [4.69, 9.17) is 30.6 Å². The average Bonchev–Trinajstić information content (AvgIpc) is 3.05. The molecule has 150 valence electrons. The molecule has 1 saturated heterocycles. The molecule has 0 aliphatic carbocycles. The number of hydrogen-bond donors (Lipinski definition) is 2. The van der Waals surface area contributed by atoms with E-state index in [1.54, 1.807) is 0 Å². The van der Waals surface area contributed by atoms with Crippen LogP contribution in [-0.4, -0.2) is 59.2 Å². The van der Waals surface area contributed by atoms with Gasteiger partial charge in [0.1, 0.15) is 18.9 Å². The number of piperidine rings is 1. The number of ether oxygens (including phenoxy) is 2. The van der Waals surface area contributed by atoms with E-state index in [1.165, 1.54) is 10.7 Å². The Morgan fingerprint density at radius 3 is 2.64 bits per heavy atom. The molecule has 0 atom stereocenters. The molecule has 2 aliphatic heterocycles. The fourth-order valence-electron chi connectivity index (χ4n) is 3.43. The Labute approximate surface area is 164 Å². The summed E-state index contributed by atoms with van der Waals surface area (Å²) in [6.07, 6.45) is 0.300. The quantitative estimate of drug-likeness (QED) is 0.790. The molecule has 0 spiro atoms. The summed E-state index contributed by atoms with van der Waals surface area (Å²) < 4.78 is 18.0. The van der Waals surface area contributed by atoms with Crippen LogP contribution in [0, 0.1) is 0 Å². The van der Waals surface area contributed by atoms with E-state index >= 15 is 0 Å². The second-order valence-corrected chi connectivity index (χ2v) is 7.13. The first kappa shape index (κ1) is 18.6. The largest absolute Gasteiger partial charge is 0.485 e. The van der Waals surface area contributed by atoms with Gasteiger partial charge >= 0.3 is 11.8 Å². The molecule has 0 radical (unpaired) electrons. The Morgan fingerprint density at radius 1 is 1.29 bits per heavy atom. The number of amides is 1. The Morgan fingerprint density at radius 2 is 1.96 bits per heavy atom. The van der Waals surface area contributed by atoms with Gasteiger partial charge in [0.15, 0.2) is 11.5 Å². The number of halogens is 1. The maximum atomic E-state index is 12.4. The number of carboxylic acid groups (broad SMARTS) is 1. The van der Waals surface area contributed by atoms with Crippen LogP contribution in [0.4, 0.5) is 10.5 Å². The second-order valence-electron chi connectivity index (χ2n) is 6.72. The van der Waals surface area contributed by atoms with Crippen molar-refractivity contribution in [3.05, 3.63) is 21.6 Å². The minimum Gasteiger partial charge on any atom is -0.485 e. The molecular formula is C17H19ClN4O6. The van der Waals surface area contributed by atoms with E-state index in [-0.39, 0.29) is 47.4 Å². The second kappa shape index (κ2) is 7.36. The third kappa shape index (κ3) is 3.40. The topological polar surface area (TPSA) is 119 Å². The van der Waals surface area contributed by atoms with E-state index in [9.17, 15) is 9.59 Å². The Hall–Kier alpha value is -2.72. The number of likely N-dealkylation sites (tertiary alicyclic amines) is 1.